The number of carbonyl (C=O) groups is 3. The molecule has 1 unspecified atom stereocenters. The quantitative estimate of drug-likeness (QED) is 0.0347. The molecule has 338 valence electrons. The molecule has 0 aliphatic rings. The van der Waals surface area contributed by atoms with Crippen molar-refractivity contribution < 1.29 is 28.6 Å². The van der Waals surface area contributed by atoms with Crippen LogP contribution in [0.4, 0.5) is 0 Å². The standard InChI is InChI=1S/C51H98O6/c1-7-47(6)39-33-27-21-16-17-22-28-34-40-49(52)55-43-48(44-56-50(53)41-35-29-24-18-20-26-32-38-46(4)5)57-51(54)42-36-30-23-15-13-11-9-8-10-12-14-19-25-31-37-45(2)3/h45-48H,7-44H2,1-6H3/t47?,48-/m1/s1. The minimum Gasteiger partial charge on any atom is -0.462 e. The van der Waals surface area contributed by atoms with E-state index in [1.807, 2.05) is 0 Å². The van der Waals surface area contributed by atoms with Gasteiger partial charge < -0.3 is 14.2 Å². The summed E-state index contributed by atoms with van der Waals surface area (Å²) < 4.78 is 16.8. The van der Waals surface area contributed by atoms with Gasteiger partial charge in [0.05, 0.1) is 0 Å². The van der Waals surface area contributed by atoms with Crippen LogP contribution in [0.2, 0.25) is 0 Å². The fraction of sp³-hybridized carbons (Fsp3) is 0.941. The predicted molar refractivity (Wildman–Crippen MR) is 243 cm³/mol. The van der Waals surface area contributed by atoms with E-state index in [4.69, 9.17) is 14.2 Å². The Balaban J connectivity index is 4.30. The molecule has 0 N–H and O–H groups in total. The van der Waals surface area contributed by atoms with Crippen LogP contribution >= 0.6 is 0 Å². The molecule has 0 rings (SSSR count). The third kappa shape index (κ3) is 43.8. The monoisotopic (exact) mass is 807 g/mol. The van der Waals surface area contributed by atoms with Gasteiger partial charge in [-0.2, -0.15) is 0 Å². The van der Waals surface area contributed by atoms with Crippen molar-refractivity contribution in [1.29, 1.82) is 0 Å². The van der Waals surface area contributed by atoms with E-state index in [1.165, 1.54) is 154 Å². The molecule has 0 aromatic heterocycles. The van der Waals surface area contributed by atoms with Gasteiger partial charge >= 0.3 is 17.9 Å². The average molecular weight is 807 g/mol. The first kappa shape index (κ1) is 55.4. The van der Waals surface area contributed by atoms with Crippen LogP contribution in [0.25, 0.3) is 0 Å². The molecule has 0 heterocycles. The van der Waals surface area contributed by atoms with Gasteiger partial charge in [0, 0.05) is 19.3 Å². The third-order valence-corrected chi connectivity index (χ3v) is 11.8. The number of esters is 3. The fourth-order valence-electron chi connectivity index (χ4n) is 7.55. The van der Waals surface area contributed by atoms with Crippen molar-refractivity contribution in [3.05, 3.63) is 0 Å². The van der Waals surface area contributed by atoms with Crippen LogP contribution in [0, 0.1) is 17.8 Å². The zero-order valence-corrected chi connectivity index (χ0v) is 39.1. The number of hydrogen-bond donors (Lipinski definition) is 0. The lowest BCUT2D eigenvalue weighted by Crippen LogP contribution is -2.30. The Morgan fingerprint density at radius 2 is 0.614 bits per heavy atom. The first-order valence-electron chi connectivity index (χ1n) is 25.1. The molecule has 0 aromatic rings. The van der Waals surface area contributed by atoms with Gasteiger partial charge in [-0.25, -0.2) is 0 Å². The van der Waals surface area contributed by atoms with Crippen molar-refractivity contribution in [1.82, 2.24) is 0 Å². The fourth-order valence-corrected chi connectivity index (χ4v) is 7.55. The van der Waals surface area contributed by atoms with Crippen molar-refractivity contribution in [3.8, 4) is 0 Å². The van der Waals surface area contributed by atoms with Crippen LogP contribution < -0.4 is 0 Å². The van der Waals surface area contributed by atoms with Gasteiger partial charge in [0.2, 0.25) is 0 Å². The number of ether oxygens (including phenoxy) is 3. The highest BCUT2D eigenvalue weighted by Gasteiger charge is 2.19. The largest absolute Gasteiger partial charge is 0.462 e. The number of hydrogen-bond acceptors (Lipinski definition) is 6. The van der Waals surface area contributed by atoms with Crippen LogP contribution in [0.1, 0.15) is 273 Å². The molecule has 0 fully saturated rings. The Labute approximate surface area is 355 Å². The average Bonchev–Trinajstić information content (AvgIpc) is 3.18. The number of rotatable bonds is 44. The smallest absolute Gasteiger partial charge is 0.306 e. The van der Waals surface area contributed by atoms with Crippen molar-refractivity contribution in [2.75, 3.05) is 13.2 Å². The van der Waals surface area contributed by atoms with E-state index in [1.54, 1.807) is 0 Å². The minimum atomic E-state index is -0.763. The molecular weight excluding hydrogens is 709 g/mol. The highest BCUT2D eigenvalue weighted by Crippen LogP contribution is 2.18. The molecule has 6 heteroatoms. The van der Waals surface area contributed by atoms with Crippen LogP contribution in [0.5, 0.6) is 0 Å². The summed E-state index contributed by atoms with van der Waals surface area (Å²) in [6.07, 6.45) is 40.9. The molecule has 0 saturated heterocycles. The molecule has 0 aliphatic heterocycles. The Kier molecular flexibility index (Phi) is 41.3. The first-order valence-corrected chi connectivity index (χ1v) is 25.1. The maximum absolute atomic E-state index is 12.8. The molecular formula is C51H98O6. The molecule has 6 nitrogen and oxygen atoms in total. The Hall–Kier alpha value is -1.59. The van der Waals surface area contributed by atoms with Gasteiger partial charge in [0.25, 0.3) is 0 Å². The summed E-state index contributed by atoms with van der Waals surface area (Å²) >= 11 is 0. The van der Waals surface area contributed by atoms with Gasteiger partial charge in [-0.15, -0.1) is 0 Å². The molecule has 0 saturated carbocycles. The Morgan fingerprint density at radius 3 is 0.912 bits per heavy atom. The molecule has 2 atom stereocenters. The van der Waals surface area contributed by atoms with Crippen molar-refractivity contribution in [3.63, 3.8) is 0 Å². The summed E-state index contributed by atoms with van der Waals surface area (Å²) in [6.45, 7) is 13.7. The molecule has 0 aliphatic carbocycles. The van der Waals surface area contributed by atoms with E-state index >= 15 is 0 Å². The lowest BCUT2D eigenvalue weighted by molar-refractivity contribution is -0.167. The SMILES string of the molecule is CCC(C)CCCCCCCCCCC(=O)OC[C@H](COC(=O)CCCCCCCCCC(C)C)OC(=O)CCCCCCCCCCCCCCCCC(C)C. The van der Waals surface area contributed by atoms with E-state index < -0.39 is 6.10 Å². The van der Waals surface area contributed by atoms with Gasteiger partial charge in [-0.1, -0.05) is 234 Å². The molecule has 57 heavy (non-hydrogen) atoms. The number of unbranched alkanes of at least 4 members (excludes halogenated alkanes) is 26. The van der Waals surface area contributed by atoms with E-state index in [2.05, 4.69) is 41.5 Å². The maximum atomic E-state index is 12.8. The molecule has 0 spiro atoms. The summed E-state index contributed by atoms with van der Waals surface area (Å²) in [6, 6.07) is 0. The van der Waals surface area contributed by atoms with Crippen molar-refractivity contribution in [2.45, 2.75) is 279 Å². The highest BCUT2D eigenvalue weighted by atomic mass is 16.6. The van der Waals surface area contributed by atoms with Crippen molar-refractivity contribution in [2.24, 2.45) is 17.8 Å². The summed E-state index contributed by atoms with van der Waals surface area (Å²) in [7, 11) is 0. The highest BCUT2D eigenvalue weighted by molar-refractivity contribution is 5.71. The Morgan fingerprint density at radius 1 is 0.351 bits per heavy atom. The Bertz CT molecular complexity index is 885. The van der Waals surface area contributed by atoms with Crippen molar-refractivity contribution >= 4 is 17.9 Å². The van der Waals surface area contributed by atoms with Crippen LogP contribution in [-0.2, 0) is 28.6 Å². The molecule has 0 amide bonds. The normalized spacial score (nSPS) is 12.6. The van der Waals surface area contributed by atoms with E-state index in [0.29, 0.717) is 19.3 Å². The lowest BCUT2D eigenvalue weighted by atomic mass is 9.99. The molecule has 0 bridgehead atoms. The first-order chi connectivity index (χ1) is 27.6. The van der Waals surface area contributed by atoms with E-state index in [0.717, 1.165) is 75.5 Å². The lowest BCUT2D eigenvalue weighted by Gasteiger charge is -2.18. The van der Waals surface area contributed by atoms with Gasteiger partial charge in [-0.05, 0) is 37.0 Å². The maximum Gasteiger partial charge on any atom is 0.306 e. The van der Waals surface area contributed by atoms with Gasteiger partial charge in [0.1, 0.15) is 13.2 Å². The van der Waals surface area contributed by atoms with Gasteiger partial charge in [0.15, 0.2) is 6.10 Å². The second kappa shape index (κ2) is 42.5. The second-order valence-corrected chi connectivity index (χ2v) is 18.6. The van der Waals surface area contributed by atoms with E-state index in [-0.39, 0.29) is 31.1 Å². The van der Waals surface area contributed by atoms with Crippen LogP contribution in [-0.4, -0.2) is 37.2 Å². The van der Waals surface area contributed by atoms with E-state index in [9.17, 15) is 14.4 Å². The summed E-state index contributed by atoms with van der Waals surface area (Å²) in [5, 5.41) is 0. The topological polar surface area (TPSA) is 78.9 Å². The van der Waals surface area contributed by atoms with Gasteiger partial charge in [-0.3, -0.25) is 14.4 Å². The molecule has 0 aromatic carbocycles. The summed E-state index contributed by atoms with van der Waals surface area (Å²) in [4.78, 5) is 37.8. The second-order valence-electron chi connectivity index (χ2n) is 18.6. The molecule has 0 radical (unpaired) electrons. The summed E-state index contributed by atoms with van der Waals surface area (Å²) in [5.41, 5.74) is 0. The number of carbonyl (C=O) groups excluding carboxylic acids is 3. The third-order valence-electron chi connectivity index (χ3n) is 11.8. The van der Waals surface area contributed by atoms with Crippen LogP contribution in [0.15, 0.2) is 0 Å². The van der Waals surface area contributed by atoms with Crippen LogP contribution in [0.3, 0.4) is 0 Å². The zero-order valence-electron chi connectivity index (χ0n) is 39.1. The predicted octanol–water partition coefficient (Wildman–Crippen LogP) is 16.0. The minimum absolute atomic E-state index is 0.0659. The zero-order chi connectivity index (χ0) is 42.0. The summed E-state index contributed by atoms with van der Waals surface area (Å²) in [5.74, 6) is 1.61.